The van der Waals surface area contributed by atoms with Gasteiger partial charge in [-0.2, -0.15) is 11.8 Å². The summed E-state index contributed by atoms with van der Waals surface area (Å²) in [5.41, 5.74) is 2.15. The number of aryl methyl sites for hydroxylation is 1. The molecule has 20 heavy (non-hydrogen) atoms. The molecule has 2 aliphatic heterocycles. The van der Waals surface area contributed by atoms with Gasteiger partial charge in [0.25, 0.3) is 0 Å². The van der Waals surface area contributed by atoms with Crippen LogP contribution >= 0.6 is 11.8 Å². The maximum Gasteiger partial charge on any atom is 0.0837 e. The number of ether oxygens (including phenoxy) is 1. The molecule has 0 radical (unpaired) electrons. The van der Waals surface area contributed by atoms with E-state index in [1.54, 1.807) is 6.20 Å². The van der Waals surface area contributed by atoms with Gasteiger partial charge in [0.2, 0.25) is 0 Å². The number of hydrogen-bond donors (Lipinski definition) is 1. The van der Waals surface area contributed by atoms with Crippen LogP contribution in [0.3, 0.4) is 0 Å². The Hall–Kier alpha value is -0.580. The summed E-state index contributed by atoms with van der Waals surface area (Å²) in [7, 11) is 0. The molecule has 0 saturated carbocycles. The standard InChI is InChI=1S/C16H23NO2S/c1-12-2-6-17-11-14(12)15(18)13-3-7-19-16(10-13)4-8-20-9-5-16/h2,6,11,13,15,18H,3-5,7-10H2,1H3. The van der Waals surface area contributed by atoms with Crippen molar-refractivity contribution in [3.8, 4) is 0 Å². The van der Waals surface area contributed by atoms with E-state index in [2.05, 4.69) is 4.98 Å². The van der Waals surface area contributed by atoms with Gasteiger partial charge in [-0.15, -0.1) is 0 Å². The van der Waals surface area contributed by atoms with Gasteiger partial charge in [-0.3, -0.25) is 4.98 Å². The van der Waals surface area contributed by atoms with E-state index in [9.17, 15) is 5.11 Å². The van der Waals surface area contributed by atoms with Crippen molar-refractivity contribution in [2.24, 2.45) is 5.92 Å². The number of hydrogen-bond acceptors (Lipinski definition) is 4. The van der Waals surface area contributed by atoms with Crippen LogP contribution in [-0.4, -0.2) is 33.8 Å². The molecular weight excluding hydrogens is 270 g/mol. The fourth-order valence-corrected chi connectivity index (χ4v) is 4.70. The van der Waals surface area contributed by atoms with E-state index < -0.39 is 6.10 Å². The van der Waals surface area contributed by atoms with Crippen LogP contribution < -0.4 is 0 Å². The molecule has 1 aromatic rings. The normalized spacial score (nSPS) is 27.4. The fraction of sp³-hybridized carbons (Fsp3) is 0.688. The summed E-state index contributed by atoms with van der Waals surface area (Å²) in [6.07, 6.45) is 7.40. The lowest BCUT2D eigenvalue weighted by Crippen LogP contribution is -2.44. The quantitative estimate of drug-likeness (QED) is 0.910. The maximum absolute atomic E-state index is 10.7. The fourth-order valence-electron chi connectivity index (χ4n) is 3.47. The van der Waals surface area contributed by atoms with E-state index >= 15 is 0 Å². The Balaban J connectivity index is 1.75. The van der Waals surface area contributed by atoms with Gasteiger partial charge in [0.1, 0.15) is 0 Å². The van der Waals surface area contributed by atoms with E-state index in [4.69, 9.17) is 4.74 Å². The van der Waals surface area contributed by atoms with Crippen LogP contribution in [0.1, 0.15) is 42.9 Å². The van der Waals surface area contributed by atoms with Gasteiger partial charge in [0, 0.05) is 24.6 Å². The molecule has 110 valence electrons. The zero-order valence-corrected chi connectivity index (χ0v) is 12.9. The van der Waals surface area contributed by atoms with E-state index in [1.165, 1.54) is 11.5 Å². The number of nitrogens with zero attached hydrogens (tertiary/aromatic N) is 1. The van der Waals surface area contributed by atoms with Gasteiger partial charge in [-0.1, -0.05) is 0 Å². The molecule has 0 bridgehead atoms. The third kappa shape index (κ3) is 2.87. The predicted octanol–water partition coefficient (Wildman–Crippen LogP) is 3.12. The van der Waals surface area contributed by atoms with E-state index in [0.717, 1.165) is 43.4 Å². The molecule has 3 nitrogen and oxygen atoms in total. The second-order valence-corrected chi connectivity index (χ2v) is 7.30. The number of pyridine rings is 1. The molecule has 2 unspecified atom stereocenters. The van der Waals surface area contributed by atoms with Crippen molar-refractivity contribution in [3.63, 3.8) is 0 Å². The van der Waals surface area contributed by atoms with Crippen LogP contribution in [0, 0.1) is 12.8 Å². The molecule has 2 saturated heterocycles. The zero-order chi connectivity index (χ0) is 14.0. The summed E-state index contributed by atoms with van der Waals surface area (Å²) >= 11 is 2.02. The highest BCUT2D eigenvalue weighted by atomic mass is 32.2. The molecule has 4 heteroatoms. The first kappa shape index (κ1) is 14.4. The minimum atomic E-state index is -0.404. The minimum Gasteiger partial charge on any atom is -0.388 e. The molecule has 2 aliphatic rings. The second kappa shape index (κ2) is 6.04. The van der Waals surface area contributed by atoms with Crippen molar-refractivity contribution in [1.29, 1.82) is 0 Å². The summed E-state index contributed by atoms with van der Waals surface area (Å²) < 4.78 is 6.11. The molecule has 0 aliphatic carbocycles. The summed E-state index contributed by atoms with van der Waals surface area (Å²) in [6.45, 7) is 2.83. The molecule has 1 N–H and O–H groups in total. The Bertz CT molecular complexity index is 454. The lowest BCUT2D eigenvalue weighted by Gasteiger charge is -2.44. The molecule has 3 heterocycles. The summed E-state index contributed by atoms with van der Waals surface area (Å²) in [4.78, 5) is 4.17. The van der Waals surface area contributed by atoms with Crippen LogP contribution in [0.15, 0.2) is 18.5 Å². The number of aliphatic hydroxyl groups excluding tert-OH is 1. The van der Waals surface area contributed by atoms with Crippen LogP contribution in [-0.2, 0) is 4.74 Å². The average molecular weight is 293 g/mol. The van der Waals surface area contributed by atoms with Crippen molar-refractivity contribution >= 4 is 11.8 Å². The van der Waals surface area contributed by atoms with Gasteiger partial charge in [0.15, 0.2) is 0 Å². The topological polar surface area (TPSA) is 42.4 Å². The number of thioether (sulfide) groups is 1. The molecular formula is C16H23NO2S. The first-order valence-corrected chi connectivity index (χ1v) is 8.66. The summed E-state index contributed by atoms with van der Waals surface area (Å²) in [6, 6.07) is 1.98. The maximum atomic E-state index is 10.7. The van der Waals surface area contributed by atoms with Gasteiger partial charge < -0.3 is 9.84 Å². The highest BCUT2D eigenvalue weighted by molar-refractivity contribution is 7.99. The third-order valence-corrected chi connectivity index (χ3v) is 5.77. The highest BCUT2D eigenvalue weighted by Gasteiger charge is 2.41. The van der Waals surface area contributed by atoms with Crippen molar-refractivity contribution in [2.75, 3.05) is 18.1 Å². The molecule has 1 spiro atoms. The van der Waals surface area contributed by atoms with Crippen molar-refractivity contribution in [1.82, 2.24) is 4.98 Å². The Morgan fingerprint density at radius 1 is 1.45 bits per heavy atom. The smallest absolute Gasteiger partial charge is 0.0837 e. The number of aliphatic hydroxyl groups is 1. The second-order valence-electron chi connectivity index (χ2n) is 6.07. The Labute approximate surface area is 125 Å². The third-order valence-electron chi connectivity index (χ3n) is 4.78. The Kier molecular flexibility index (Phi) is 4.34. The molecule has 0 aromatic carbocycles. The van der Waals surface area contributed by atoms with E-state index in [-0.39, 0.29) is 5.60 Å². The van der Waals surface area contributed by atoms with Crippen molar-refractivity contribution < 1.29 is 9.84 Å². The monoisotopic (exact) mass is 293 g/mol. The van der Waals surface area contributed by atoms with Gasteiger partial charge in [0.05, 0.1) is 11.7 Å². The Morgan fingerprint density at radius 3 is 3.00 bits per heavy atom. The molecule has 1 aromatic heterocycles. The van der Waals surface area contributed by atoms with E-state index in [1.807, 2.05) is 30.9 Å². The van der Waals surface area contributed by atoms with Crippen molar-refractivity contribution in [2.45, 2.75) is 44.3 Å². The molecule has 3 rings (SSSR count). The number of rotatable bonds is 2. The average Bonchev–Trinajstić information content (AvgIpc) is 2.48. The van der Waals surface area contributed by atoms with Crippen LogP contribution in [0.25, 0.3) is 0 Å². The largest absolute Gasteiger partial charge is 0.388 e. The molecule has 2 fully saturated rings. The van der Waals surface area contributed by atoms with Crippen LogP contribution in [0.2, 0.25) is 0 Å². The Morgan fingerprint density at radius 2 is 2.25 bits per heavy atom. The minimum absolute atomic E-state index is 0.0330. The summed E-state index contributed by atoms with van der Waals surface area (Å²) in [5, 5.41) is 10.7. The van der Waals surface area contributed by atoms with Crippen LogP contribution in [0.4, 0.5) is 0 Å². The molecule has 0 amide bonds. The van der Waals surface area contributed by atoms with Crippen LogP contribution in [0.5, 0.6) is 0 Å². The lowest BCUT2D eigenvalue weighted by molar-refractivity contribution is -0.121. The number of aromatic nitrogens is 1. The van der Waals surface area contributed by atoms with Gasteiger partial charge in [-0.25, -0.2) is 0 Å². The highest BCUT2D eigenvalue weighted by Crippen LogP contribution is 2.43. The zero-order valence-electron chi connectivity index (χ0n) is 12.0. The predicted molar refractivity (Wildman–Crippen MR) is 81.9 cm³/mol. The lowest BCUT2D eigenvalue weighted by atomic mass is 9.78. The van der Waals surface area contributed by atoms with Gasteiger partial charge in [-0.05, 0) is 61.7 Å². The van der Waals surface area contributed by atoms with Gasteiger partial charge >= 0.3 is 0 Å². The molecule has 2 atom stereocenters. The SMILES string of the molecule is Cc1ccncc1C(O)C1CCOC2(CCSCC2)C1. The first-order chi connectivity index (χ1) is 9.70. The van der Waals surface area contributed by atoms with E-state index in [0.29, 0.717) is 5.92 Å². The first-order valence-electron chi connectivity index (χ1n) is 7.50. The summed E-state index contributed by atoms with van der Waals surface area (Å²) in [5.74, 6) is 2.68. The van der Waals surface area contributed by atoms with Crippen molar-refractivity contribution in [3.05, 3.63) is 29.6 Å².